The number of aromatic nitrogens is 1. The van der Waals surface area contributed by atoms with Crippen LogP contribution in [0.5, 0.6) is 5.75 Å². The van der Waals surface area contributed by atoms with E-state index in [2.05, 4.69) is 18.8 Å². The van der Waals surface area contributed by atoms with Gasteiger partial charge in [-0.25, -0.2) is 0 Å². The molecule has 0 radical (unpaired) electrons. The Morgan fingerprint density at radius 1 is 1.04 bits per heavy atom. The highest BCUT2D eigenvalue weighted by Crippen LogP contribution is 2.33. The first-order valence-corrected chi connectivity index (χ1v) is 8.62. The summed E-state index contributed by atoms with van der Waals surface area (Å²) in [5, 5.41) is 0. The average Bonchev–Trinajstić information content (AvgIpc) is 2.52. The van der Waals surface area contributed by atoms with Gasteiger partial charge in [-0.15, -0.1) is 0 Å². The molecule has 0 saturated carbocycles. The number of pyridine rings is 1. The van der Waals surface area contributed by atoms with E-state index in [4.69, 9.17) is 4.74 Å². The fourth-order valence-corrected chi connectivity index (χ4v) is 2.68. The lowest BCUT2D eigenvalue weighted by atomic mass is 9.91. The lowest BCUT2D eigenvalue weighted by Crippen LogP contribution is -2.20. The predicted octanol–water partition coefficient (Wildman–Crippen LogP) is 6.27. The van der Waals surface area contributed by atoms with Crippen LogP contribution in [0.4, 0.5) is 13.2 Å². The van der Waals surface area contributed by atoms with Crippen molar-refractivity contribution in [1.82, 2.24) is 4.98 Å². The van der Waals surface area contributed by atoms with Gasteiger partial charge in [-0.05, 0) is 25.0 Å². The molecule has 2 nitrogen and oxygen atoms in total. The van der Waals surface area contributed by atoms with Gasteiger partial charge in [0.05, 0.1) is 5.69 Å². The van der Waals surface area contributed by atoms with Gasteiger partial charge in [0, 0.05) is 12.1 Å². The largest absolute Gasteiger partial charge is 0.482 e. The fourth-order valence-electron chi connectivity index (χ4n) is 2.68. The van der Waals surface area contributed by atoms with Crippen LogP contribution in [0.3, 0.4) is 0 Å². The SMILES string of the molecule is CCCCCCC(CCCC)c1ncccc1OCC(F)(F)F. The van der Waals surface area contributed by atoms with E-state index in [0.29, 0.717) is 5.69 Å². The molecule has 1 aromatic heterocycles. The normalized spacial score (nSPS) is 13.1. The van der Waals surface area contributed by atoms with Crippen molar-refractivity contribution >= 4 is 0 Å². The van der Waals surface area contributed by atoms with Crippen LogP contribution in [0.15, 0.2) is 18.3 Å². The Balaban J connectivity index is 2.78. The standard InChI is InChI=1S/C18H28F3NO/c1-3-5-7-8-11-15(10-6-4-2)17-16(12-9-13-22-17)23-14-18(19,20)21/h9,12-13,15H,3-8,10-11,14H2,1-2H3. The third-order valence-corrected chi connectivity index (χ3v) is 3.89. The number of nitrogens with zero attached hydrogens (tertiary/aromatic N) is 1. The first-order valence-electron chi connectivity index (χ1n) is 8.62. The summed E-state index contributed by atoms with van der Waals surface area (Å²) in [6.45, 7) is 3.02. The number of rotatable bonds is 11. The maximum Gasteiger partial charge on any atom is 0.422 e. The van der Waals surface area contributed by atoms with Gasteiger partial charge < -0.3 is 4.74 Å². The minimum absolute atomic E-state index is 0.177. The summed E-state index contributed by atoms with van der Waals surface area (Å²) >= 11 is 0. The molecule has 0 fully saturated rings. The van der Waals surface area contributed by atoms with Gasteiger partial charge in [0.15, 0.2) is 6.61 Å². The van der Waals surface area contributed by atoms with E-state index < -0.39 is 12.8 Å². The molecule has 0 aliphatic heterocycles. The molecule has 0 bridgehead atoms. The molecule has 23 heavy (non-hydrogen) atoms. The van der Waals surface area contributed by atoms with Crippen molar-refractivity contribution in [3.8, 4) is 5.75 Å². The van der Waals surface area contributed by atoms with Crippen LogP contribution in [0, 0.1) is 0 Å². The Morgan fingerprint density at radius 2 is 1.74 bits per heavy atom. The smallest absolute Gasteiger partial charge is 0.422 e. The number of halogens is 3. The van der Waals surface area contributed by atoms with E-state index in [1.165, 1.54) is 12.8 Å². The highest BCUT2D eigenvalue weighted by atomic mass is 19.4. The first-order chi connectivity index (χ1) is 11.0. The zero-order valence-electron chi connectivity index (χ0n) is 14.2. The van der Waals surface area contributed by atoms with Gasteiger partial charge in [-0.2, -0.15) is 13.2 Å². The van der Waals surface area contributed by atoms with Crippen molar-refractivity contribution in [3.05, 3.63) is 24.0 Å². The third-order valence-electron chi connectivity index (χ3n) is 3.89. The number of hydrogen-bond donors (Lipinski definition) is 0. The summed E-state index contributed by atoms with van der Waals surface area (Å²) in [4.78, 5) is 4.34. The van der Waals surface area contributed by atoms with E-state index in [0.717, 1.165) is 38.5 Å². The van der Waals surface area contributed by atoms with Gasteiger partial charge in [0.2, 0.25) is 0 Å². The van der Waals surface area contributed by atoms with Crippen molar-refractivity contribution in [2.45, 2.75) is 77.3 Å². The Labute approximate surface area is 137 Å². The molecule has 1 unspecified atom stereocenters. The van der Waals surface area contributed by atoms with E-state index >= 15 is 0 Å². The summed E-state index contributed by atoms with van der Waals surface area (Å²) in [7, 11) is 0. The van der Waals surface area contributed by atoms with Crippen LogP contribution in [-0.2, 0) is 0 Å². The van der Waals surface area contributed by atoms with E-state index in [1.54, 1.807) is 18.3 Å². The van der Waals surface area contributed by atoms with Crippen LogP contribution in [0.1, 0.15) is 76.8 Å². The monoisotopic (exact) mass is 331 g/mol. The molecule has 0 saturated heterocycles. The lowest BCUT2D eigenvalue weighted by molar-refractivity contribution is -0.153. The Kier molecular flexibility index (Phi) is 9.03. The molecule has 1 rings (SSSR count). The molecule has 1 aromatic rings. The molecule has 0 N–H and O–H groups in total. The van der Waals surface area contributed by atoms with E-state index in [1.807, 2.05) is 0 Å². The molecule has 1 heterocycles. The molecule has 0 aliphatic rings. The molecule has 5 heteroatoms. The molecule has 1 atom stereocenters. The van der Waals surface area contributed by atoms with Gasteiger partial charge in [-0.1, -0.05) is 52.4 Å². The second-order valence-corrected chi connectivity index (χ2v) is 5.98. The minimum Gasteiger partial charge on any atom is -0.482 e. The topological polar surface area (TPSA) is 22.1 Å². The molecule has 0 aromatic carbocycles. The van der Waals surface area contributed by atoms with Crippen LogP contribution in [-0.4, -0.2) is 17.8 Å². The molecule has 0 aliphatic carbocycles. The number of alkyl halides is 3. The minimum atomic E-state index is -4.33. The first kappa shape index (κ1) is 19.8. The van der Waals surface area contributed by atoms with E-state index in [9.17, 15) is 13.2 Å². The Morgan fingerprint density at radius 3 is 2.39 bits per heavy atom. The highest BCUT2D eigenvalue weighted by Gasteiger charge is 2.29. The van der Waals surface area contributed by atoms with Gasteiger partial charge in [0.1, 0.15) is 5.75 Å². The van der Waals surface area contributed by atoms with Gasteiger partial charge in [-0.3, -0.25) is 4.98 Å². The van der Waals surface area contributed by atoms with Crippen LogP contribution >= 0.6 is 0 Å². The molecular formula is C18H28F3NO. The average molecular weight is 331 g/mol. The van der Waals surface area contributed by atoms with Gasteiger partial charge >= 0.3 is 6.18 Å². The maximum absolute atomic E-state index is 12.4. The van der Waals surface area contributed by atoms with Crippen LogP contribution in [0.25, 0.3) is 0 Å². The summed E-state index contributed by atoms with van der Waals surface area (Å²) < 4.78 is 42.3. The van der Waals surface area contributed by atoms with Crippen molar-refractivity contribution < 1.29 is 17.9 Å². The quantitative estimate of drug-likeness (QED) is 0.446. The Hall–Kier alpha value is -1.26. The molecule has 0 spiro atoms. The highest BCUT2D eigenvalue weighted by molar-refractivity contribution is 5.30. The second-order valence-electron chi connectivity index (χ2n) is 5.98. The third kappa shape index (κ3) is 8.24. The predicted molar refractivity (Wildman–Crippen MR) is 86.8 cm³/mol. The number of ether oxygens (including phenoxy) is 1. The van der Waals surface area contributed by atoms with E-state index in [-0.39, 0.29) is 11.7 Å². The van der Waals surface area contributed by atoms with Crippen molar-refractivity contribution in [2.24, 2.45) is 0 Å². The summed E-state index contributed by atoms with van der Waals surface area (Å²) in [5.41, 5.74) is 0.682. The molecular weight excluding hydrogens is 303 g/mol. The number of hydrogen-bond acceptors (Lipinski definition) is 2. The van der Waals surface area contributed by atoms with Gasteiger partial charge in [0.25, 0.3) is 0 Å². The van der Waals surface area contributed by atoms with Crippen LogP contribution in [0.2, 0.25) is 0 Å². The number of unbranched alkanes of at least 4 members (excludes halogenated alkanes) is 4. The van der Waals surface area contributed by atoms with Crippen molar-refractivity contribution in [1.29, 1.82) is 0 Å². The fraction of sp³-hybridized carbons (Fsp3) is 0.722. The summed E-state index contributed by atoms with van der Waals surface area (Å²) in [6.07, 6.45) is 5.94. The summed E-state index contributed by atoms with van der Waals surface area (Å²) in [6, 6.07) is 3.22. The molecule has 0 amide bonds. The second kappa shape index (κ2) is 10.5. The maximum atomic E-state index is 12.4. The van der Waals surface area contributed by atoms with Crippen LogP contribution < -0.4 is 4.74 Å². The van der Waals surface area contributed by atoms with Crippen molar-refractivity contribution in [3.63, 3.8) is 0 Å². The summed E-state index contributed by atoms with van der Waals surface area (Å²) in [5.74, 6) is 0.456. The molecule has 132 valence electrons. The zero-order valence-corrected chi connectivity index (χ0v) is 14.2. The zero-order chi connectivity index (χ0) is 17.1. The Bertz CT molecular complexity index is 435. The lowest BCUT2D eigenvalue weighted by Gasteiger charge is -2.20. The van der Waals surface area contributed by atoms with Crippen molar-refractivity contribution in [2.75, 3.05) is 6.61 Å².